The zero-order valence-electron chi connectivity index (χ0n) is 19.7. The summed E-state index contributed by atoms with van der Waals surface area (Å²) in [7, 11) is -2.24. The van der Waals surface area contributed by atoms with Crippen molar-refractivity contribution in [1.82, 2.24) is 10.2 Å². The number of methoxy groups -OCH3 is 1. The van der Waals surface area contributed by atoms with Gasteiger partial charge in [-0.3, -0.25) is 19.3 Å². The Balaban J connectivity index is 2.04. The predicted octanol–water partition coefficient (Wildman–Crippen LogP) is 1.68. The molecule has 1 atom stereocenters. The first kappa shape index (κ1) is 26.5. The third kappa shape index (κ3) is 5.74. The number of hydrogen-bond donors (Lipinski definition) is 3. The van der Waals surface area contributed by atoms with Gasteiger partial charge < -0.3 is 25.2 Å². The van der Waals surface area contributed by atoms with Gasteiger partial charge >= 0.3 is 6.09 Å². The lowest BCUT2D eigenvalue weighted by atomic mass is 10.1. The number of carbonyl (C=O) groups excluding carboxylic acids is 3. The fraction of sp³-hybridized carbons (Fsp3) is 0.304. The van der Waals surface area contributed by atoms with Crippen molar-refractivity contribution in [3.8, 4) is 11.5 Å². The molecule has 0 aliphatic carbocycles. The van der Waals surface area contributed by atoms with Crippen molar-refractivity contribution in [1.29, 1.82) is 0 Å². The Labute approximate surface area is 207 Å². The van der Waals surface area contributed by atoms with E-state index in [0.29, 0.717) is 23.7 Å². The zero-order valence-corrected chi connectivity index (χ0v) is 20.5. The molecule has 2 aromatic rings. The molecule has 4 amide bonds. The van der Waals surface area contributed by atoms with Gasteiger partial charge in [-0.15, -0.1) is 0 Å². The van der Waals surface area contributed by atoms with Gasteiger partial charge in [0, 0.05) is 6.26 Å². The number of anilines is 1. The SMILES string of the molecule is CCOc1cc([C@@H](CS(C)(=O)=O)N2C(=O)c3cccc(NC(=O)CNC(=O)O)c3C2=O)ccc1OC. The van der Waals surface area contributed by atoms with Crippen molar-refractivity contribution in [3.05, 3.63) is 53.1 Å². The van der Waals surface area contributed by atoms with E-state index in [4.69, 9.17) is 14.6 Å². The molecule has 0 fully saturated rings. The van der Waals surface area contributed by atoms with E-state index < -0.39 is 52.0 Å². The number of benzene rings is 2. The number of sulfone groups is 1. The second-order valence-electron chi connectivity index (χ2n) is 7.87. The number of nitrogens with one attached hydrogen (secondary N) is 2. The van der Waals surface area contributed by atoms with Crippen LogP contribution in [-0.4, -0.2) is 74.5 Å². The van der Waals surface area contributed by atoms with E-state index >= 15 is 0 Å². The summed E-state index contributed by atoms with van der Waals surface area (Å²) in [4.78, 5) is 50.5. The van der Waals surface area contributed by atoms with E-state index in [-0.39, 0.29) is 16.8 Å². The quantitative estimate of drug-likeness (QED) is 0.395. The molecule has 0 saturated carbocycles. The summed E-state index contributed by atoms with van der Waals surface area (Å²) in [6, 6.07) is 7.63. The van der Waals surface area contributed by atoms with Crippen molar-refractivity contribution >= 4 is 39.3 Å². The number of fused-ring (bicyclic) bond motifs is 1. The first-order chi connectivity index (χ1) is 17.0. The van der Waals surface area contributed by atoms with Crippen LogP contribution in [0, 0.1) is 0 Å². The minimum absolute atomic E-state index is 0.00613. The van der Waals surface area contributed by atoms with Crippen LogP contribution in [0.25, 0.3) is 0 Å². The molecule has 0 radical (unpaired) electrons. The molecule has 0 spiro atoms. The minimum atomic E-state index is -3.68. The molecule has 12 nitrogen and oxygen atoms in total. The Morgan fingerprint density at radius 2 is 1.83 bits per heavy atom. The lowest BCUT2D eigenvalue weighted by Gasteiger charge is -2.27. The van der Waals surface area contributed by atoms with Crippen molar-refractivity contribution in [2.24, 2.45) is 0 Å². The molecular formula is C23H25N3O9S. The van der Waals surface area contributed by atoms with Crippen molar-refractivity contribution in [2.45, 2.75) is 13.0 Å². The molecule has 3 N–H and O–H groups in total. The highest BCUT2D eigenvalue weighted by Crippen LogP contribution is 2.38. The third-order valence-electron chi connectivity index (χ3n) is 5.27. The fourth-order valence-corrected chi connectivity index (χ4v) is 4.73. The Bertz CT molecular complexity index is 1320. The largest absolute Gasteiger partial charge is 0.493 e. The monoisotopic (exact) mass is 519 g/mol. The van der Waals surface area contributed by atoms with Gasteiger partial charge in [0.1, 0.15) is 16.4 Å². The smallest absolute Gasteiger partial charge is 0.405 e. The molecule has 1 aliphatic heterocycles. The highest BCUT2D eigenvalue weighted by Gasteiger charge is 2.43. The second kappa shape index (κ2) is 10.6. The molecule has 1 aliphatic rings. The van der Waals surface area contributed by atoms with Crippen LogP contribution < -0.4 is 20.1 Å². The van der Waals surface area contributed by atoms with E-state index in [1.54, 1.807) is 19.1 Å². The molecule has 36 heavy (non-hydrogen) atoms. The predicted molar refractivity (Wildman–Crippen MR) is 128 cm³/mol. The summed E-state index contributed by atoms with van der Waals surface area (Å²) >= 11 is 0. The van der Waals surface area contributed by atoms with Crippen LogP contribution in [0.15, 0.2) is 36.4 Å². The Hall–Kier alpha value is -4.13. The lowest BCUT2D eigenvalue weighted by Crippen LogP contribution is -2.38. The number of carboxylic acid groups (broad SMARTS) is 1. The molecule has 1 heterocycles. The number of imide groups is 1. The second-order valence-corrected chi connectivity index (χ2v) is 10.1. The maximum atomic E-state index is 13.5. The minimum Gasteiger partial charge on any atom is -0.493 e. The summed E-state index contributed by atoms with van der Waals surface area (Å²) in [6.45, 7) is 1.48. The first-order valence-electron chi connectivity index (χ1n) is 10.7. The molecule has 192 valence electrons. The Kier molecular flexibility index (Phi) is 7.83. The van der Waals surface area contributed by atoms with Crippen molar-refractivity contribution in [2.75, 3.05) is 37.6 Å². The average Bonchev–Trinajstić information content (AvgIpc) is 3.06. The van der Waals surface area contributed by atoms with E-state index in [2.05, 4.69) is 5.32 Å². The highest BCUT2D eigenvalue weighted by atomic mass is 32.2. The van der Waals surface area contributed by atoms with Gasteiger partial charge in [-0.1, -0.05) is 12.1 Å². The number of nitrogens with zero attached hydrogens (tertiary/aromatic N) is 1. The van der Waals surface area contributed by atoms with E-state index in [0.717, 1.165) is 11.2 Å². The summed E-state index contributed by atoms with van der Waals surface area (Å²) < 4.78 is 35.5. The maximum absolute atomic E-state index is 13.5. The molecule has 2 aromatic carbocycles. The lowest BCUT2D eigenvalue weighted by molar-refractivity contribution is -0.115. The maximum Gasteiger partial charge on any atom is 0.405 e. The molecule has 13 heteroatoms. The van der Waals surface area contributed by atoms with Gasteiger partial charge in [0.15, 0.2) is 11.5 Å². The first-order valence-corrected chi connectivity index (χ1v) is 12.8. The van der Waals surface area contributed by atoms with Crippen LogP contribution in [-0.2, 0) is 14.6 Å². The van der Waals surface area contributed by atoms with Gasteiger partial charge in [0.05, 0.1) is 42.3 Å². The van der Waals surface area contributed by atoms with Crippen LogP contribution >= 0.6 is 0 Å². The fourth-order valence-electron chi connectivity index (χ4n) is 3.82. The summed E-state index contributed by atoms with van der Waals surface area (Å²) in [5.74, 6) is -2.15. The number of hydrogen-bond acceptors (Lipinski definition) is 8. The summed E-state index contributed by atoms with van der Waals surface area (Å²) in [5, 5.41) is 13.0. The van der Waals surface area contributed by atoms with Crippen LogP contribution in [0.4, 0.5) is 10.5 Å². The zero-order chi connectivity index (χ0) is 26.6. The van der Waals surface area contributed by atoms with Crippen LogP contribution in [0.1, 0.15) is 39.2 Å². The van der Waals surface area contributed by atoms with E-state index in [9.17, 15) is 27.6 Å². The summed E-state index contributed by atoms with van der Waals surface area (Å²) in [6.07, 6.45) is -0.415. The van der Waals surface area contributed by atoms with Gasteiger partial charge in [-0.05, 0) is 36.8 Å². The molecule has 3 rings (SSSR count). The van der Waals surface area contributed by atoms with Crippen LogP contribution in [0.5, 0.6) is 11.5 Å². The molecule has 0 saturated heterocycles. The molecule has 0 bridgehead atoms. The molecular weight excluding hydrogens is 494 g/mol. The Morgan fingerprint density at radius 1 is 1.11 bits per heavy atom. The topological polar surface area (TPSA) is 168 Å². The number of carbonyl (C=O) groups is 4. The van der Waals surface area contributed by atoms with Gasteiger partial charge in [-0.25, -0.2) is 13.2 Å². The van der Waals surface area contributed by atoms with Gasteiger partial charge in [-0.2, -0.15) is 0 Å². The standard InChI is InChI=1S/C23H25N3O9S/c1-4-35-18-10-13(8-9-17(18)34-2)16(12-36(3,32)33)26-21(28)14-6-5-7-15(20(14)22(26)29)25-19(27)11-24-23(30)31/h5-10,16,24H,4,11-12H2,1-3H3,(H,25,27)(H,30,31)/t16-/m1/s1. The van der Waals surface area contributed by atoms with Gasteiger partial charge in [0.25, 0.3) is 11.8 Å². The van der Waals surface area contributed by atoms with E-state index in [1.165, 1.54) is 31.4 Å². The van der Waals surface area contributed by atoms with Crippen LogP contribution in [0.2, 0.25) is 0 Å². The summed E-state index contributed by atoms with van der Waals surface area (Å²) in [5.41, 5.74) is 0.174. The van der Waals surface area contributed by atoms with Crippen molar-refractivity contribution < 1.29 is 42.2 Å². The Morgan fingerprint density at radius 3 is 2.44 bits per heavy atom. The normalized spacial score (nSPS) is 13.7. The number of rotatable bonds is 10. The van der Waals surface area contributed by atoms with Gasteiger partial charge in [0.2, 0.25) is 5.91 Å². The van der Waals surface area contributed by atoms with Crippen molar-refractivity contribution in [3.63, 3.8) is 0 Å². The third-order valence-corrected chi connectivity index (χ3v) is 6.19. The molecule has 0 aromatic heterocycles. The number of ether oxygens (including phenoxy) is 2. The van der Waals surface area contributed by atoms with Crippen LogP contribution in [0.3, 0.4) is 0 Å². The average molecular weight is 520 g/mol. The highest BCUT2D eigenvalue weighted by molar-refractivity contribution is 7.90. The number of amides is 4. The van der Waals surface area contributed by atoms with E-state index in [1.807, 2.05) is 5.32 Å². The molecule has 0 unspecified atom stereocenters.